The maximum Gasteiger partial charge on any atom is 0.126 e. The van der Waals surface area contributed by atoms with Gasteiger partial charge in [-0.05, 0) is 6.07 Å². The van der Waals surface area contributed by atoms with Crippen LogP contribution in [0.1, 0.15) is 17.4 Å². The second kappa shape index (κ2) is 4.77. The van der Waals surface area contributed by atoms with E-state index >= 15 is 0 Å². The highest BCUT2D eigenvalue weighted by atomic mass is 35.5. The molecule has 1 unspecified atom stereocenters. The van der Waals surface area contributed by atoms with Crippen LogP contribution in [-0.4, -0.2) is 22.0 Å². The number of hydrogen-bond acceptors (Lipinski definition) is 3. The van der Waals surface area contributed by atoms with Gasteiger partial charge >= 0.3 is 0 Å². The minimum absolute atomic E-state index is 0.436. The number of hydrogen-bond donors (Lipinski definition) is 1. The molecule has 0 fully saturated rings. The van der Waals surface area contributed by atoms with E-state index in [1.54, 1.807) is 31.0 Å². The van der Waals surface area contributed by atoms with E-state index < -0.39 is 6.10 Å². The van der Waals surface area contributed by atoms with Crippen LogP contribution in [0.15, 0.2) is 30.5 Å². The van der Waals surface area contributed by atoms with Gasteiger partial charge in [-0.25, -0.2) is 0 Å². The fraction of sp³-hybridized carbons (Fsp3) is 0.250. The molecule has 2 aromatic rings. The summed E-state index contributed by atoms with van der Waals surface area (Å²) in [5.41, 5.74) is 1.22. The third-order valence-corrected chi connectivity index (χ3v) is 2.92. The van der Waals surface area contributed by atoms with E-state index in [0.717, 1.165) is 0 Å². The standard InChI is InChI=1S/C12H13ClN2O2/c1-15-11(9(13)7-14-15)12(16)8-5-3-4-6-10(8)17-2/h3-7,12,16H,1-2H3. The van der Waals surface area contributed by atoms with E-state index in [9.17, 15) is 5.11 Å². The van der Waals surface area contributed by atoms with E-state index in [2.05, 4.69) is 5.10 Å². The summed E-state index contributed by atoms with van der Waals surface area (Å²) in [6.07, 6.45) is 0.654. The largest absolute Gasteiger partial charge is 0.496 e. The number of halogens is 1. The molecule has 0 bridgehead atoms. The molecule has 1 N–H and O–H groups in total. The van der Waals surface area contributed by atoms with Crippen molar-refractivity contribution in [2.75, 3.05) is 7.11 Å². The molecule has 0 spiro atoms. The molecule has 17 heavy (non-hydrogen) atoms. The number of nitrogens with zero attached hydrogens (tertiary/aromatic N) is 2. The molecule has 1 aromatic carbocycles. The average molecular weight is 253 g/mol. The summed E-state index contributed by atoms with van der Waals surface area (Å²) in [6, 6.07) is 7.28. The van der Waals surface area contributed by atoms with Crippen molar-refractivity contribution in [1.82, 2.24) is 9.78 Å². The lowest BCUT2D eigenvalue weighted by Gasteiger charge is -2.15. The molecule has 1 atom stereocenters. The number of ether oxygens (including phenoxy) is 1. The lowest BCUT2D eigenvalue weighted by atomic mass is 10.1. The first-order valence-electron chi connectivity index (χ1n) is 5.13. The van der Waals surface area contributed by atoms with Crippen molar-refractivity contribution in [1.29, 1.82) is 0 Å². The van der Waals surface area contributed by atoms with E-state index in [1.165, 1.54) is 6.20 Å². The summed E-state index contributed by atoms with van der Waals surface area (Å²) in [7, 11) is 3.30. The zero-order valence-corrected chi connectivity index (χ0v) is 10.3. The first kappa shape index (κ1) is 12.0. The zero-order valence-electron chi connectivity index (χ0n) is 9.59. The maximum atomic E-state index is 10.3. The quantitative estimate of drug-likeness (QED) is 0.911. The molecular formula is C12H13ClN2O2. The minimum atomic E-state index is -0.855. The summed E-state index contributed by atoms with van der Waals surface area (Å²) in [5.74, 6) is 0.622. The molecule has 0 aliphatic heterocycles. The van der Waals surface area contributed by atoms with Crippen molar-refractivity contribution in [2.45, 2.75) is 6.10 Å². The molecule has 4 nitrogen and oxygen atoms in total. The monoisotopic (exact) mass is 252 g/mol. The van der Waals surface area contributed by atoms with Gasteiger partial charge in [-0.15, -0.1) is 0 Å². The first-order valence-corrected chi connectivity index (χ1v) is 5.51. The van der Waals surface area contributed by atoms with E-state index in [0.29, 0.717) is 22.0 Å². The molecule has 0 radical (unpaired) electrons. The van der Waals surface area contributed by atoms with Crippen LogP contribution in [0.4, 0.5) is 0 Å². The fourth-order valence-electron chi connectivity index (χ4n) is 1.77. The van der Waals surface area contributed by atoms with Gasteiger partial charge < -0.3 is 9.84 Å². The van der Waals surface area contributed by atoms with Crippen LogP contribution < -0.4 is 4.74 Å². The van der Waals surface area contributed by atoms with Gasteiger partial charge in [-0.3, -0.25) is 4.68 Å². The van der Waals surface area contributed by atoms with Crippen LogP contribution >= 0.6 is 11.6 Å². The van der Waals surface area contributed by atoms with Gasteiger partial charge in [0.25, 0.3) is 0 Å². The second-order valence-corrected chi connectivity index (χ2v) is 4.05. The van der Waals surface area contributed by atoms with Crippen molar-refractivity contribution in [2.24, 2.45) is 7.05 Å². The Balaban J connectivity index is 2.47. The molecule has 1 heterocycles. The Hall–Kier alpha value is -1.52. The number of benzene rings is 1. The third-order valence-electron chi connectivity index (χ3n) is 2.63. The van der Waals surface area contributed by atoms with E-state index in [-0.39, 0.29) is 0 Å². The minimum Gasteiger partial charge on any atom is -0.496 e. The zero-order chi connectivity index (χ0) is 12.4. The van der Waals surface area contributed by atoms with Gasteiger partial charge in [-0.1, -0.05) is 29.8 Å². The van der Waals surface area contributed by atoms with E-state index in [4.69, 9.17) is 16.3 Å². The summed E-state index contributed by atoms with van der Waals surface area (Å²) in [4.78, 5) is 0. The SMILES string of the molecule is COc1ccccc1C(O)c1c(Cl)cnn1C. The van der Waals surface area contributed by atoms with Crippen LogP contribution in [0, 0.1) is 0 Å². The predicted molar refractivity (Wildman–Crippen MR) is 65.3 cm³/mol. The lowest BCUT2D eigenvalue weighted by Crippen LogP contribution is -2.08. The number of aromatic nitrogens is 2. The smallest absolute Gasteiger partial charge is 0.126 e. The molecule has 2 rings (SSSR count). The topological polar surface area (TPSA) is 47.3 Å². The molecule has 1 aromatic heterocycles. The number of aliphatic hydroxyl groups excluding tert-OH is 1. The highest BCUT2D eigenvalue weighted by Gasteiger charge is 2.21. The van der Waals surface area contributed by atoms with Crippen molar-refractivity contribution in [3.8, 4) is 5.75 Å². The van der Waals surface area contributed by atoms with Gasteiger partial charge in [0, 0.05) is 12.6 Å². The molecule has 0 aliphatic carbocycles. The highest BCUT2D eigenvalue weighted by molar-refractivity contribution is 6.31. The summed E-state index contributed by atoms with van der Waals surface area (Å²) in [6.45, 7) is 0. The van der Waals surface area contributed by atoms with Crippen molar-refractivity contribution in [3.05, 3.63) is 46.7 Å². The van der Waals surface area contributed by atoms with Gasteiger partial charge in [0.15, 0.2) is 0 Å². The summed E-state index contributed by atoms with van der Waals surface area (Å²) in [5, 5.41) is 14.8. The first-order chi connectivity index (χ1) is 8.15. The van der Waals surface area contributed by atoms with Crippen LogP contribution in [-0.2, 0) is 7.05 Å². The average Bonchev–Trinajstić information content (AvgIpc) is 2.68. The van der Waals surface area contributed by atoms with Gasteiger partial charge in [0.2, 0.25) is 0 Å². The van der Waals surface area contributed by atoms with Crippen LogP contribution in [0.2, 0.25) is 5.02 Å². The number of methoxy groups -OCH3 is 1. The maximum absolute atomic E-state index is 10.3. The number of para-hydroxylation sites is 1. The van der Waals surface area contributed by atoms with Crippen molar-refractivity contribution < 1.29 is 9.84 Å². The summed E-state index contributed by atoms with van der Waals surface area (Å²) < 4.78 is 6.77. The van der Waals surface area contributed by atoms with Crippen molar-refractivity contribution in [3.63, 3.8) is 0 Å². The Bertz CT molecular complexity index is 505. The Labute approximate surface area is 104 Å². The molecular weight excluding hydrogens is 240 g/mol. The Morgan fingerprint density at radius 1 is 1.41 bits per heavy atom. The van der Waals surface area contributed by atoms with Crippen LogP contribution in [0.5, 0.6) is 5.75 Å². The van der Waals surface area contributed by atoms with E-state index in [1.807, 2.05) is 12.1 Å². The second-order valence-electron chi connectivity index (χ2n) is 3.65. The van der Waals surface area contributed by atoms with Crippen LogP contribution in [0.3, 0.4) is 0 Å². The molecule has 0 amide bonds. The van der Waals surface area contributed by atoms with Crippen LogP contribution in [0.25, 0.3) is 0 Å². The number of aliphatic hydroxyl groups is 1. The molecule has 5 heteroatoms. The Morgan fingerprint density at radius 3 is 2.71 bits per heavy atom. The molecule has 0 saturated heterocycles. The third kappa shape index (κ3) is 2.14. The van der Waals surface area contributed by atoms with Gasteiger partial charge in [0.1, 0.15) is 11.9 Å². The molecule has 0 aliphatic rings. The highest BCUT2D eigenvalue weighted by Crippen LogP contribution is 2.32. The Morgan fingerprint density at radius 2 is 2.12 bits per heavy atom. The predicted octanol–water partition coefficient (Wildman–Crippen LogP) is 2.16. The Kier molecular flexibility index (Phi) is 3.36. The van der Waals surface area contributed by atoms with Gasteiger partial charge in [0.05, 0.1) is 24.0 Å². The lowest BCUT2D eigenvalue weighted by molar-refractivity contribution is 0.204. The van der Waals surface area contributed by atoms with Gasteiger partial charge in [-0.2, -0.15) is 5.10 Å². The molecule has 0 saturated carbocycles. The summed E-state index contributed by atoms with van der Waals surface area (Å²) >= 11 is 6.00. The number of aryl methyl sites for hydroxylation is 1. The van der Waals surface area contributed by atoms with Crippen molar-refractivity contribution >= 4 is 11.6 Å². The molecule has 90 valence electrons. The fourth-order valence-corrected chi connectivity index (χ4v) is 2.04. The normalized spacial score (nSPS) is 12.5. The number of rotatable bonds is 3.